The van der Waals surface area contributed by atoms with Gasteiger partial charge in [0.1, 0.15) is 15.3 Å². The van der Waals surface area contributed by atoms with E-state index in [9.17, 15) is 24.5 Å². The molecule has 0 spiro atoms. The largest absolute Gasteiger partial charge is 0.282 e. The van der Waals surface area contributed by atoms with Crippen LogP contribution in [0.15, 0.2) is 52.5 Å². The Morgan fingerprint density at radius 3 is 1.97 bits per heavy atom. The molecule has 3 amide bonds. The monoisotopic (exact) mass is 689 g/mol. The van der Waals surface area contributed by atoms with Crippen molar-refractivity contribution in [2.45, 2.75) is 20.6 Å². The van der Waals surface area contributed by atoms with Gasteiger partial charge >= 0.3 is 0 Å². The van der Waals surface area contributed by atoms with Gasteiger partial charge in [-0.15, -0.1) is 23.2 Å². The lowest BCUT2D eigenvalue weighted by Gasteiger charge is -2.37. The van der Waals surface area contributed by atoms with Crippen LogP contribution in [0.4, 0.5) is 5.69 Å². The summed E-state index contributed by atoms with van der Waals surface area (Å²) in [5, 5.41) is 12.7. The Bertz CT molecular complexity index is 1490. The zero-order valence-corrected chi connectivity index (χ0v) is 24.9. The number of carbonyl (C=O) groups excluding carboxylic acids is 3. The molecule has 5 rings (SSSR count). The van der Waals surface area contributed by atoms with Gasteiger partial charge in [-0.05, 0) is 23.8 Å². The molecule has 1 saturated carbocycles. The third kappa shape index (κ3) is 3.69. The van der Waals surface area contributed by atoms with Gasteiger partial charge in [0.15, 0.2) is 4.33 Å². The maximum Gasteiger partial charge on any atom is 0.282 e. The number of amides is 3. The number of benzene rings is 2. The average molecular weight is 693 g/mol. The summed E-state index contributed by atoms with van der Waals surface area (Å²) in [5.41, 5.74) is -0.717. The quantitative estimate of drug-likeness (QED) is 0.147. The number of nitro benzene ring substituents is 1. The van der Waals surface area contributed by atoms with Gasteiger partial charge in [0.25, 0.3) is 23.4 Å². The second-order valence-electron chi connectivity index (χ2n) is 8.94. The Morgan fingerprint density at radius 2 is 1.46 bits per heavy atom. The Kier molecular flexibility index (Phi) is 7.09. The van der Waals surface area contributed by atoms with Gasteiger partial charge in [0, 0.05) is 16.1 Å². The van der Waals surface area contributed by atoms with E-state index < -0.39 is 66.4 Å². The molecule has 2 bridgehead atoms. The van der Waals surface area contributed by atoms with Crippen molar-refractivity contribution in [2.24, 2.45) is 11.8 Å². The van der Waals surface area contributed by atoms with Crippen LogP contribution in [0.5, 0.6) is 0 Å². The van der Waals surface area contributed by atoms with Crippen molar-refractivity contribution in [2.75, 3.05) is 0 Å². The van der Waals surface area contributed by atoms with E-state index in [1.807, 2.05) is 0 Å². The Morgan fingerprint density at radius 1 is 0.923 bits per heavy atom. The first-order valence-electron chi connectivity index (χ1n) is 10.8. The van der Waals surface area contributed by atoms with Crippen LogP contribution in [-0.4, -0.2) is 46.7 Å². The molecule has 2 aromatic carbocycles. The van der Waals surface area contributed by atoms with Crippen molar-refractivity contribution in [3.05, 3.63) is 83.8 Å². The molecule has 1 saturated heterocycles. The maximum absolute atomic E-state index is 13.9. The van der Waals surface area contributed by atoms with Crippen molar-refractivity contribution in [1.82, 2.24) is 10.0 Å². The summed E-state index contributed by atoms with van der Waals surface area (Å²) in [4.78, 5) is 48.4. The molecule has 0 N–H and O–H groups in total. The number of halogens is 8. The summed E-state index contributed by atoms with van der Waals surface area (Å²) in [5.74, 6) is -6.17. The van der Waals surface area contributed by atoms with E-state index in [2.05, 4.69) is 0 Å². The van der Waals surface area contributed by atoms with Crippen LogP contribution in [0.3, 0.4) is 0 Å². The molecule has 39 heavy (non-hydrogen) atoms. The van der Waals surface area contributed by atoms with E-state index in [1.165, 1.54) is 36.4 Å². The lowest BCUT2D eigenvalue weighted by molar-refractivity contribution is -0.385. The molecule has 2 fully saturated rings. The fourth-order valence-corrected chi connectivity index (χ4v) is 8.61. The third-order valence-electron chi connectivity index (χ3n) is 7.03. The van der Waals surface area contributed by atoms with Crippen molar-refractivity contribution >= 4 is 116 Å². The number of hydrogen-bond acceptors (Lipinski definition) is 5. The van der Waals surface area contributed by atoms with Crippen LogP contribution in [-0.2, 0) is 16.1 Å². The van der Waals surface area contributed by atoms with Gasteiger partial charge in [0.2, 0.25) is 0 Å². The highest BCUT2D eigenvalue weighted by atomic mass is 35.5. The van der Waals surface area contributed by atoms with Gasteiger partial charge in [-0.2, -0.15) is 5.01 Å². The molecule has 204 valence electrons. The minimum Gasteiger partial charge on any atom is -0.272 e. The standard InChI is InChI=1S/C23H11Cl8N3O5/c24-10-6-5-9(12(25)7-10)8-32(18(35)11-3-1-2-4-13(11)34(38)39)33-19(36)14-15(20(33)37)22(29)17(27)16(26)21(14,28)23(22,30)31/h1-7,14-15H,8H2/t14-,15+,21-,22-/m1/s1. The van der Waals surface area contributed by atoms with Crippen LogP contribution < -0.4 is 0 Å². The summed E-state index contributed by atoms with van der Waals surface area (Å²) in [7, 11) is 0. The zero-order valence-electron chi connectivity index (χ0n) is 18.8. The number of alkyl halides is 4. The Labute approximate surface area is 260 Å². The third-order valence-corrected chi connectivity index (χ3v) is 11.9. The molecule has 2 aromatic rings. The van der Waals surface area contributed by atoms with E-state index in [0.29, 0.717) is 10.0 Å². The van der Waals surface area contributed by atoms with Crippen molar-refractivity contribution in [3.63, 3.8) is 0 Å². The van der Waals surface area contributed by atoms with Crippen molar-refractivity contribution < 1.29 is 19.3 Å². The molecule has 0 unspecified atom stereocenters. The fraction of sp³-hybridized carbons (Fsp3) is 0.261. The van der Waals surface area contributed by atoms with E-state index in [0.717, 1.165) is 6.07 Å². The van der Waals surface area contributed by atoms with Gasteiger partial charge in [0.05, 0.1) is 33.4 Å². The summed E-state index contributed by atoms with van der Waals surface area (Å²) in [6, 6.07) is 9.34. The molecule has 4 atom stereocenters. The normalized spacial score (nSPS) is 28.8. The molecule has 3 aliphatic rings. The number of rotatable bonds is 5. The van der Waals surface area contributed by atoms with Crippen LogP contribution >= 0.6 is 92.8 Å². The number of imide groups is 1. The van der Waals surface area contributed by atoms with Crippen LogP contribution in [0, 0.1) is 22.0 Å². The first-order chi connectivity index (χ1) is 18.1. The Hall–Kier alpha value is -1.49. The number of para-hydroxylation sites is 1. The van der Waals surface area contributed by atoms with Gasteiger partial charge < -0.3 is 0 Å². The predicted molar refractivity (Wildman–Crippen MR) is 149 cm³/mol. The van der Waals surface area contributed by atoms with E-state index in [-0.39, 0.29) is 25.7 Å². The van der Waals surface area contributed by atoms with Crippen molar-refractivity contribution in [1.29, 1.82) is 0 Å². The van der Waals surface area contributed by atoms with Crippen molar-refractivity contribution in [3.8, 4) is 0 Å². The SMILES string of the molecule is O=C(c1ccccc1[N+](=O)[O-])N(Cc1ccc(Cl)cc1Cl)N1C(=O)[C@@H]2[C@H](C1=O)[C@@]1(Cl)C(Cl)=C(Cl)[C@@]2(Cl)C1(Cl)Cl. The van der Waals surface area contributed by atoms with Gasteiger partial charge in [-0.1, -0.05) is 87.8 Å². The topological polar surface area (TPSA) is 101 Å². The summed E-state index contributed by atoms with van der Waals surface area (Å²) in [6.45, 7) is -0.482. The molecule has 2 aliphatic carbocycles. The zero-order chi connectivity index (χ0) is 28.8. The fourth-order valence-electron chi connectivity index (χ4n) is 5.22. The Balaban J connectivity index is 1.66. The summed E-state index contributed by atoms with van der Waals surface area (Å²) < 4.78 is -2.18. The smallest absolute Gasteiger partial charge is 0.272 e. The highest BCUT2D eigenvalue weighted by molar-refractivity contribution is 6.66. The molecule has 0 aromatic heterocycles. The average Bonchev–Trinajstić information content (AvgIpc) is 3.26. The molecule has 0 radical (unpaired) electrons. The van der Waals surface area contributed by atoms with E-state index >= 15 is 0 Å². The molecular weight excluding hydrogens is 682 g/mol. The lowest BCUT2D eigenvalue weighted by atomic mass is 9.84. The molecular formula is C23H11Cl8N3O5. The summed E-state index contributed by atoms with van der Waals surface area (Å²) in [6.07, 6.45) is 0. The molecule has 1 heterocycles. The second kappa shape index (κ2) is 9.53. The van der Waals surface area contributed by atoms with E-state index in [4.69, 9.17) is 92.8 Å². The highest BCUT2D eigenvalue weighted by Crippen LogP contribution is 2.77. The predicted octanol–water partition coefficient (Wildman–Crippen LogP) is 6.91. The highest BCUT2D eigenvalue weighted by Gasteiger charge is 2.88. The van der Waals surface area contributed by atoms with Crippen LogP contribution in [0.2, 0.25) is 10.0 Å². The van der Waals surface area contributed by atoms with Gasteiger partial charge in [-0.25, -0.2) is 5.01 Å². The van der Waals surface area contributed by atoms with Crippen LogP contribution in [0.25, 0.3) is 0 Å². The minimum absolute atomic E-state index is 0.0955. The number of hydrogen-bond donors (Lipinski definition) is 0. The number of carbonyl (C=O) groups is 3. The summed E-state index contributed by atoms with van der Waals surface area (Å²) >= 11 is 51.6. The maximum atomic E-state index is 13.9. The van der Waals surface area contributed by atoms with Gasteiger partial charge in [-0.3, -0.25) is 24.5 Å². The van der Waals surface area contributed by atoms with Crippen LogP contribution in [0.1, 0.15) is 15.9 Å². The first kappa shape index (κ1) is 29.0. The molecule has 8 nitrogen and oxygen atoms in total. The molecule has 16 heteroatoms. The molecule has 1 aliphatic heterocycles. The first-order valence-corrected chi connectivity index (χ1v) is 13.8. The number of hydrazine groups is 1. The number of fused-ring (bicyclic) bond motifs is 5. The minimum atomic E-state index is -2.18. The number of nitro groups is 1. The number of allylic oxidation sites excluding steroid dienone is 2. The lowest BCUT2D eigenvalue weighted by Crippen LogP contribution is -2.55. The van der Waals surface area contributed by atoms with E-state index in [1.54, 1.807) is 0 Å². The number of nitrogens with zero attached hydrogens (tertiary/aromatic N) is 3. The second-order valence-corrected chi connectivity index (χ2v) is 13.1.